The fourth-order valence-electron chi connectivity index (χ4n) is 3.65. The highest BCUT2D eigenvalue weighted by Gasteiger charge is 2.18. The summed E-state index contributed by atoms with van der Waals surface area (Å²) in [5.41, 5.74) is 3.74. The van der Waals surface area contributed by atoms with E-state index < -0.39 is 5.97 Å². The average molecular weight is 469 g/mol. The molecule has 3 heterocycles. The van der Waals surface area contributed by atoms with Gasteiger partial charge in [0.05, 0.1) is 24.7 Å². The topological polar surface area (TPSA) is 97.0 Å². The summed E-state index contributed by atoms with van der Waals surface area (Å²) in [5, 5.41) is 4.27. The maximum atomic E-state index is 12.1. The molecular formula is C26H24N6O3. The molecule has 0 fully saturated rings. The van der Waals surface area contributed by atoms with Crippen LogP contribution < -0.4 is 4.74 Å². The van der Waals surface area contributed by atoms with E-state index in [1.165, 1.54) is 16.4 Å². The van der Waals surface area contributed by atoms with Gasteiger partial charge in [-0.3, -0.25) is 0 Å². The van der Waals surface area contributed by atoms with E-state index in [4.69, 9.17) is 14.5 Å². The van der Waals surface area contributed by atoms with Crippen molar-refractivity contribution in [2.45, 2.75) is 26.5 Å². The molecule has 5 aromatic rings. The van der Waals surface area contributed by atoms with E-state index in [0.29, 0.717) is 35.8 Å². The third-order valence-electron chi connectivity index (χ3n) is 5.42. The molecule has 5 rings (SSSR count). The molecule has 35 heavy (non-hydrogen) atoms. The summed E-state index contributed by atoms with van der Waals surface area (Å²) < 4.78 is 14.6. The number of fused-ring (bicyclic) bond motifs is 1. The van der Waals surface area contributed by atoms with Crippen molar-refractivity contribution in [1.29, 1.82) is 0 Å². The van der Waals surface area contributed by atoms with Crippen LogP contribution in [-0.2, 0) is 24.3 Å². The largest absolute Gasteiger partial charge is 0.471 e. The molecule has 0 aliphatic heterocycles. The van der Waals surface area contributed by atoms with E-state index in [1.807, 2.05) is 53.1 Å². The molecule has 0 aliphatic carbocycles. The third-order valence-corrected chi connectivity index (χ3v) is 5.42. The number of rotatable bonds is 9. The van der Waals surface area contributed by atoms with Crippen LogP contribution in [0.5, 0.6) is 5.88 Å². The average Bonchev–Trinajstić information content (AvgIpc) is 3.55. The number of imidazole rings is 1. The summed E-state index contributed by atoms with van der Waals surface area (Å²) in [6, 6.07) is 20.1. The lowest BCUT2D eigenvalue weighted by atomic mass is 10.1. The van der Waals surface area contributed by atoms with Crippen molar-refractivity contribution in [1.82, 2.24) is 29.3 Å². The Hall–Kier alpha value is -4.53. The Kier molecular flexibility index (Phi) is 6.47. The van der Waals surface area contributed by atoms with Crippen LogP contribution in [0.1, 0.15) is 28.4 Å². The van der Waals surface area contributed by atoms with Crippen LogP contribution in [0, 0.1) is 0 Å². The van der Waals surface area contributed by atoms with Gasteiger partial charge in [0.15, 0.2) is 11.2 Å². The summed E-state index contributed by atoms with van der Waals surface area (Å²) in [4.78, 5) is 25.9. The van der Waals surface area contributed by atoms with Crippen LogP contribution in [0.15, 0.2) is 79.4 Å². The van der Waals surface area contributed by atoms with Crippen molar-refractivity contribution in [2.75, 3.05) is 6.61 Å². The van der Waals surface area contributed by atoms with Crippen molar-refractivity contribution < 1.29 is 14.3 Å². The van der Waals surface area contributed by atoms with Crippen molar-refractivity contribution >= 4 is 17.1 Å². The minimum atomic E-state index is -0.451. The molecule has 0 bridgehead atoms. The zero-order valence-corrected chi connectivity index (χ0v) is 19.2. The third kappa shape index (κ3) is 5.03. The van der Waals surface area contributed by atoms with Gasteiger partial charge >= 0.3 is 5.97 Å². The van der Waals surface area contributed by atoms with Crippen LogP contribution in [0.4, 0.5) is 0 Å². The van der Waals surface area contributed by atoms with Gasteiger partial charge in [0.25, 0.3) is 5.95 Å². The highest BCUT2D eigenvalue weighted by atomic mass is 16.5. The number of aromatic nitrogens is 6. The Balaban J connectivity index is 1.50. The first-order valence-corrected chi connectivity index (χ1v) is 11.4. The smallest absolute Gasteiger partial charge is 0.341 e. The highest BCUT2D eigenvalue weighted by molar-refractivity contribution is 5.88. The first-order valence-electron chi connectivity index (χ1n) is 11.4. The molecule has 0 N–H and O–H groups in total. The zero-order chi connectivity index (χ0) is 24.0. The first-order chi connectivity index (χ1) is 17.2. The van der Waals surface area contributed by atoms with Gasteiger partial charge in [-0.15, -0.1) is 0 Å². The standard InChI is InChI=1S/C26H24N6O3/c1-2-34-25(33)21-15-28-32(16-21)26-29-23-22(24(30-26)35-17-20-11-7-4-8-12-20)27-18-31(23)14-13-19-9-5-3-6-10-19/h3-12,15-16,18H,2,13-14,17H2,1H3. The summed E-state index contributed by atoms with van der Waals surface area (Å²) in [6.45, 7) is 3.05. The summed E-state index contributed by atoms with van der Waals surface area (Å²) >= 11 is 0. The van der Waals surface area contributed by atoms with Crippen molar-refractivity contribution in [2.24, 2.45) is 0 Å². The lowest BCUT2D eigenvalue weighted by Gasteiger charge is -2.09. The molecule has 2 aromatic carbocycles. The fraction of sp³-hybridized carbons (Fsp3) is 0.192. The van der Waals surface area contributed by atoms with E-state index >= 15 is 0 Å². The zero-order valence-electron chi connectivity index (χ0n) is 19.2. The Bertz CT molecular complexity index is 1430. The molecule has 3 aromatic heterocycles. The van der Waals surface area contributed by atoms with Crippen LogP contribution in [-0.4, -0.2) is 41.9 Å². The Labute approximate surface area is 202 Å². The number of esters is 1. The van der Waals surface area contributed by atoms with E-state index in [0.717, 1.165) is 12.0 Å². The highest BCUT2D eigenvalue weighted by Crippen LogP contribution is 2.24. The quantitative estimate of drug-likeness (QED) is 0.302. The summed E-state index contributed by atoms with van der Waals surface area (Å²) in [7, 11) is 0. The first kappa shape index (κ1) is 22.3. The molecule has 176 valence electrons. The number of benzene rings is 2. The summed E-state index contributed by atoms with van der Waals surface area (Å²) in [6.07, 6.45) is 5.54. The molecule has 0 radical (unpaired) electrons. The molecule has 0 saturated carbocycles. The Morgan fingerprint density at radius 2 is 1.71 bits per heavy atom. The van der Waals surface area contributed by atoms with E-state index in [-0.39, 0.29) is 12.6 Å². The monoisotopic (exact) mass is 468 g/mol. The minimum absolute atomic E-state index is 0.276. The summed E-state index contributed by atoms with van der Waals surface area (Å²) in [5.74, 6) is 0.173. The predicted molar refractivity (Wildman–Crippen MR) is 129 cm³/mol. The molecule has 9 heteroatoms. The van der Waals surface area contributed by atoms with Gasteiger partial charge in [-0.1, -0.05) is 60.7 Å². The van der Waals surface area contributed by atoms with Crippen molar-refractivity contribution in [3.63, 3.8) is 0 Å². The van der Waals surface area contributed by atoms with Gasteiger partial charge in [0.2, 0.25) is 5.88 Å². The van der Waals surface area contributed by atoms with Crippen molar-refractivity contribution in [3.05, 3.63) is 96.1 Å². The van der Waals surface area contributed by atoms with Gasteiger partial charge in [0.1, 0.15) is 6.61 Å². The van der Waals surface area contributed by atoms with Crippen LogP contribution in [0.3, 0.4) is 0 Å². The lowest BCUT2D eigenvalue weighted by Crippen LogP contribution is -2.08. The normalized spacial score (nSPS) is 11.0. The molecule has 0 spiro atoms. The van der Waals surface area contributed by atoms with Crippen LogP contribution in [0.25, 0.3) is 17.1 Å². The molecule has 0 saturated heterocycles. The van der Waals surface area contributed by atoms with Gasteiger partial charge in [0, 0.05) is 12.7 Å². The van der Waals surface area contributed by atoms with Gasteiger partial charge in [-0.25, -0.2) is 14.5 Å². The molecule has 0 aliphatic rings. The number of hydrogen-bond donors (Lipinski definition) is 0. The van der Waals surface area contributed by atoms with Gasteiger partial charge in [-0.05, 0) is 24.5 Å². The maximum absolute atomic E-state index is 12.1. The molecular weight excluding hydrogens is 444 g/mol. The second kappa shape index (κ2) is 10.2. The Morgan fingerprint density at radius 1 is 0.971 bits per heavy atom. The number of aryl methyl sites for hydroxylation is 2. The number of hydrogen-bond acceptors (Lipinski definition) is 7. The number of ether oxygens (including phenoxy) is 2. The fourth-order valence-corrected chi connectivity index (χ4v) is 3.65. The van der Waals surface area contributed by atoms with E-state index in [1.54, 1.807) is 19.4 Å². The SMILES string of the molecule is CCOC(=O)c1cnn(-c2nc(OCc3ccccc3)c3ncn(CCc4ccccc4)c3n2)c1. The molecule has 0 atom stereocenters. The van der Waals surface area contributed by atoms with Crippen LogP contribution in [0.2, 0.25) is 0 Å². The number of carbonyl (C=O) groups excluding carboxylic acids is 1. The van der Waals surface area contributed by atoms with Crippen molar-refractivity contribution in [3.8, 4) is 11.8 Å². The lowest BCUT2D eigenvalue weighted by molar-refractivity contribution is 0.0526. The maximum Gasteiger partial charge on any atom is 0.341 e. The van der Waals surface area contributed by atoms with Gasteiger partial charge in [-0.2, -0.15) is 15.1 Å². The van der Waals surface area contributed by atoms with E-state index in [9.17, 15) is 4.79 Å². The minimum Gasteiger partial charge on any atom is -0.471 e. The molecule has 0 unspecified atom stereocenters. The number of nitrogens with zero attached hydrogens (tertiary/aromatic N) is 6. The Morgan fingerprint density at radius 3 is 2.46 bits per heavy atom. The molecule has 9 nitrogen and oxygen atoms in total. The molecule has 0 amide bonds. The second-order valence-corrected chi connectivity index (χ2v) is 7.84. The van der Waals surface area contributed by atoms with Gasteiger partial charge < -0.3 is 14.0 Å². The second-order valence-electron chi connectivity index (χ2n) is 7.84. The van der Waals surface area contributed by atoms with E-state index in [2.05, 4.69) is 27.2 Å². The predicted octanol–water partition coefficient (Wildman–Crippen LogP) is 4.01. The number of carbonyl (C=O) groups is 1. The van der Waals surface area contributed by atoms with Crippen LogP contribution >= 0.6 is 0 Å².